The number of nitrogens with zero attached hydrogens (tertiary/aromatic N) is 3. The van der Waals surface area contributed by atoms with Crippen LogP contribution in [-0.4, -0.2) is 25.8 Å². The molecule has 0 saturated carbocycles. The monoisotopic (exact) mass is 265 g/mol. The molecule has 2 heterocycles. The van der Waals surface area contributed by atoms with E-state index in [2.05, 4.69) is 10.1 Å². The summed E-state index contributed by atoms with van der Waals surface area (Å²) in [5, 5.41) is 13.4. The zero-order valence-electron chi connectivity index (χ0n) is 10.5. The van der Waals surface area contributed by atoms with E-state index in [1.165, 1.54) is 10.7 Å². The van der Waals surface area contributed by atoms with Gasteiger partial charge in [-0.25, -0.2) is 14.5 Å². The Hall–Kier alpha value is -2.95. The minimum absolute atomic E-state index is 0.121. The standard InChI is InChI=1S/C15H11N3O2/c19-15(20)13-7-4-8-16-14(13)18-10-12(9-17-18)11-5-2-1-3-6-11/h1-10H,(H,19,20). The van der Waals surface area contributed by atoms with Crippen LogP contribution >= 0.6 is 0 Å². The second-order valence-electron chi connectivity index (χ2n) is 4.22. The van der Waals surface area contributed by atoms with E-state index in [4.69, 9.17) is 5.11 Å². The fourth-order valence-corrected chi connectivity index (χ4v) is 1.96. The summed E-state index contributed by atoms with van der Waals surface area (Å²) in [5.74, 6) is -0.716. The minimum atomic E-state index is -1.02. The van der Waals surface area contributed by atoms with E-state index in [-0.39, 0.29) is 5.56 Å². The molecule has 0 aliphatic rings. The molecule has 3 rings (SSSR count). The first-order valence-corrected chi connectivity index (χ1v) is 6.04. The van der Waals surface area contributed by atoms with Gasteiger partial charge in [0.25, 0.3) is 0 Å². The Morgan fingerprint density at radius 1 is 1.05 bits per heavy atom. The summed E-state index contributed by atoms with van der Waals surface area (Å²) in [5.41, 5.74) is 2.05. The van der Waals surface area contributed by atoms with E-state index in [0.717, 1.165) is 11.1 Å². The van der Waals surface area contributed by atoms with Gasteiger partial charge in [0.2, 0.25) is 0 Å². The Labute approximate surface area is 115 Å². The molecule has 98 valence electrons. The average Bonchev–Trinajstić information content (AvgIpc) is 2.98. The van der Waals surface area contributed by atoms with E-state index in [9.17, 15) is 4.79 Å². The van der Waals surface area contributed by atoms with Gasteiger partial charge in [0.05, 0.1) is 6.20 Å². The first-order chi connectivity index (χ1) is 9.75. The highest BCUT2D eigenvalue weighted by atomic mass is 16.4. The largest absolute Gasteiger partial charge is 0.478 e. The van der Waals surface area contributed by atoms with Gasteiger partial charge in [0, 0.05) is 18.0 Å². The number of rotatable bonds is 3. The summed E-state index contributed by atoms with van der Waals surface area (Å²) in [4.78, 5) is 15.3. The molecule has 0 aliphatic carbocycles. The van der Waals surface area contributed by atoms with E-state index >= 15 is 0 Å². The van der Waals surface area contributed by atoms with Crippen molar-refractivity contribution < 1.29 is 9.90 Å². The lowest BCUT2D eigenvalue weighted by Gasteiger charge is -2.03. The van der Waals surface area contributed by atoms with Crippen LogP contribution in [-0.2, 0) is 0 Å². The van der Waals surface area contributed by atoms with Gasteiger partial charge in [-0.1, -0.05) is 30.3 Å². The number of carbonyl (C=O) groups is 1. The van der Waals surface area contributed by atoms with Crippen molar-refractivity contribution >= 4 is 5.97 Å². The van der Waals surface area contributed by atoms with Crippen molar-refractivity contribution in [2.24, 2.45) is 0 Å². The van der Waals surface area contributed by atoms with Crippen molar-refractivity contribution in [3.8, 4) is 16.9 Å². The Kier molecular flexibility index (Phi) is 3.01. The lowest BCUT2D eigenvalue weighted by atomic mass is 10.1. The van der Waals surface area contributed by atoms with Crippen LogP contribution < -0.4 is 0 Å². The maximum Gasteiger partial charge on any atom is 0.339 e. The summed E-state index contributed by atoms with van der Waals surface area (Å²) in [7, 11) is 0. The summed E-state index contributed by atoms with van der Waals surface area (Å²) >= 11 is 0. The SMILES string of the molecule is O=C(O)c1cccnc1-n1cc(-c2ccccc2)cn1. The van der Waals surface area contributed by atoms with Gasteiger partial charge >= 0.3 is 5.97 Å². The minimum Gasteiger partial charge on any atom is -0.478 e. The number of hydrogen-bond acceptors (Lipinski definition) is 3. The number of aromatic nitrogens is 3. The highest BCUT2D eigenvalue weighted by Gasteiger charge is 2.13. The number of pyridine rings is 1. The summed E-state index contributed by atoms with van der Waals surface area (Å²) in [6, 6.07) is 12.9. The van der Waals surface area contributed by atoms with Crippen LogP contribution in [0.1, 0.15) is 10.4 Å². The molecule has 0 spiro atoms. The lowest BCUT2D eigenvalue weighted by molar-refractivity contribution is 0.0696. The third kappa shape index (κ3) is 2.16. The predicted molar refractivity (Wildman–Crippen MR) is 73.8 cm³/mol. The van der Waals surface area contributed by atoms with Gasteiger partial charge in [-0.2, -0.15) is 5.10 Å². The maximum atomic E-state index is 11.2. The molecule has 0 saturated heterocycles. The Balaban J connectivity index is 2.05. The topological polar surface area (TPSA) is 68.0 Å². The van der Waals surface area contributed by atoms with Gasteiger partial charge < -0.3 is 5.11 Å². The molecular weight excluding hydrogens is 254 g/mol. The first-order valence-electron chi connectivity index (χ1n) is 6.04. The molecule has 3 aromatic rings. The molecule has 0 aliphatic heterocycles. The molecule has 2 aromatic heterocycles. The average molecular weight is 265 g/mol. The van der Waals surface area contributed by atoms with Gasteiger partial charge in [-0.05, 0) is 17.7 Å². The van der Waals surface area contributed by atoms with Gasteiger partial charge in [-0.15, -0.1) is 0 Å². The number of carboxylic acid groups (broad SMARTS) is 1. The van der Waals surface area contributed by atoms with Gasteiger partial charge in [-0.3, -0.25) is 0 Å². The molecule has 0 amide bonds. The molecule has 5 nitrogen and oxygen atoms in total. The van der Waals surface area contributed by atoms with Crippen LogP contribution in [0.25, 0.3) is 16.9 Å². The van der Waals surface area contributed by atoms with Crippen LogP contribution in [0.2, 0.25) is 0 Å². The van der Waals surface area contributed by atoms with Crippen molar-refractivity contribution in [1.29, 1.82) is 0 Å². The van der Waals surface area contributed by atoms with Crippen LogP contribution in [0.4, 0.5) is 0 Å². The molecule has 0 unspecified atom stereocenters. The Morgan fingerprint density at radius 2 is 1.85 bits per heavy atom. The fraction of sp³-hybridized carbons (Fsp3) is 0. The summed E-state index contributed by atoms with van der Waals surface area (Å²) in [6.45, 7) is 0. The molecule has 0 atom stereocenters. The molecular formula is C15H11N3O2. The maximum absolute atomic E-state index is 11.2. The molecule has 20 heavy (non-hydrogen) atoms. The normalized spacial score (nSPS) is 10.4. The van der Waals surface area contributed by atoms with Crippen LogP contribution in [0.5, 0.6) is 0 Å². The third-order valence-electron chi connectivity index (χ3n) is 2.92. The van der Waals surface area contributed by atoms with Crippen molar-refractivity contribution in [2.45, 2.75) is 0 Å². The third-order valence-corrected chi connectivity index (χ3v) is 2.92. The van der Waals surface area contributed by atoms with Crippen LogP contribution in [0, 0.1) is 0 Å². The molecule has 1 aromatic carbocycles. The highest BCUT2D eigenvalue weighted by molar-refractivity contribution is 5.91. The first kappa shape index (κ1) is 12.1. The van der Waals surface area contributed by atoms with E-state index in [1.807, 2.05) is 30.3 Å². The van der Waals surface area contributed by atoms with Crippen LogP contribution in [0.15, 0.2) is 61.1 Å². The van der Waals surface area contributed by atoms with Gasteiger partial charge in [0.1, 0.15) is 5.56 Å². The van der Waals surface area contributed by atoms with E-state index in [1.54, 1.807) is 24.7 Å². The second kappa shape index (κ2) is 4.97. The lowest BCUT2D eigenvalue weighted by Crippen LogP contribution is -2.07. The fourth-order valence-electron chi connectivity index (χ4n) is 1.96. The Morgan fingerprint density at radius 3 is 2.60 bits per heavy atom. The van der Waals surface area contributed by atoms with Gasteiger partial charge in [0.15, 0.2) is 5.82 Å². The van der Waals surface area contributed by atoms with Crippen molar-refractivity contribution in [3.63, 3.8) is 0 Å². The number of benzene rings is 1. The van der Waals surface area contributed by atoms with E-state index < -0.39 is 5.97 Å². The molecule has 0 radical (unpaired) electrons. The molecule has 0 fully saturated rings. The smallest absolute Gasteiger partial charge is 0.339 e. The number of carboxylic acids is 1. The molecule has 5 heteroatoms. The summed E-state index contributed by atoms with van der Waals surface area (Å²) < 4.78 is 1.48. The summed E-state index contributed by atoms with van der Waals surface area (Å²) in [6.07, 6.45) is 5.01. The van der Waals surface area contributed by atoms with Crippen molar-refractivity contribution in [1.82, 2.24) is 14.8 Å². The quantitative estimate of drug-likeness (QED) is 0.790. The van der Waals surface area contributed by atoms with Crippen LogP contribution in [0.3, 0.4) is 0 Å². The molecule has 1 N–H and O–H groups in total. The highest BCUT2D eigenvalue weighted by Crippen LogP contribution is 2.20. The predicted octanol–water partition coefficient (Wildman–Crippen LogP) is 2.63. The zero-order chi connectivity index (χ0) is 13.9. The van der Waals surface area contributed by atoms with Crippen molar-refractivity contribution in [2.75, 3.05) is 0 Å². The number of aromatic carboxylic acids is 1. The zero-order valence-corrected chi connectivity index (χ0v) is 10.5. The molecule has 0 bridgehead atoms. The van der Waals surface area contributed by atoms with E-state index in [0.29, 0.717) is 5.82 Å². The number of hydrogen-bond donors (Lipinski definition) is 1. The van der Waals surface area contributed by atoms with Crippen molar-refractivity contribution in [3.05, 3.63) is 66.6 Å². The second-order valence-corrected chi connectivity index (χ2v) is 4.22. The Bertz CT molecular complexity index is 751.